The summed E-state index contributed by atoms with van der Waals surface area (Å²) in [6.07, 6.45) is -1.06. The number of hydrogen-bond donors (Lipinski definition) is 0. The van der Waals surface area contributed by atoms with Crippen molar-refractivity contribution in [2.45, 2.75) is 20.1 Å². The molecule has 0 aliphatic rings. The molecule has 0 saturated carbocycles. The fourth-order valence-corrected chi connectivity index (χ4v) is 3.42. The second-order valence-corrected chi connectivity index (χ2v) is 6.06. The second-order valence-electron chi connectivity index (χ2n) is 6.06. The van der Waals surface area contributed by atoms with Gasteiger partial charge in [0.15, 0.2) is 0 Å². The largest absolute Gasteiger partial charge is 0.421 e. The normalized spacial score (nSPS) is 11.5. The van der Waals surface area contributed by atoms with Gasteiger partial charge in [-0.3, -0.25) is 9.59 Å². The van der Waals surface area contributed by atoms with Crippen LogP contribution in [0.3, 0.4) is 0 Å². The molecule has 0 fully saturated rings. The lowest BCUT2D eigenvalue weighted by Gasteiger charge is -2.20. The molecule has 4 nitrogen and oxygen atoms in total. The van der Waals surface area contributed by atoms with Crippen LogP contribution in [-0.2, 0) is 19.1 Å². The van der Waals surface area contributed by atoms with Crippen molar-refractivity contribution >= 4 is 44.3 Å². The lowest BCUT2D eigenvalue weighted by Crippen LogP contribution is -2.15. The topological polar surface area (TPSA) is 52.6 Å². The molecule has 0 radical (unpaired) electrons. The minimum Gasteiger partial charge on any atom is -0.421 e. The Morgan fingerprint density at radius 1 is 0.720 bits per heavy atom. The van der Waals surface area contributed by atoms with Crippen LogP contribution in [0, 0.1) is 0 Å². The number of carbonyl (C=O) groups excluding carboxylic acids is 2. The van der Waals surface area contributed by atoms with Gasteiger partial charge in [-0.15, -0.1) is 0 Å². The molecule has 0 aromatic heterocycles. The minimum absolute atomic E-state index is 0.503. The van der Waals surface area contributed by atoms with Crippen molar-refractivity contribution in [1.82, 2.24) is 0 Å². The van der Waals surface area contributed by atoms with E-state index in [0.29, 0.717) is 5.56 Å². The van der Waals surface area contributed by atoms with Crippen LogP contribution in [-0.4, -0.2) is 11.9 Å². The Hall–Kier alpha value is -3.14. The van der Waals surface area contributed by atoms with Gasteiger partial charge in [-0.25, -0.2) is 0 Å². The SMILES string of the molecule is CC(=O)OC(OC(C)=O)c1ccc2ccc3cccc4ccc1c2c34. The first-order valence-corrected chi connectivity index (χ1v) is 8.05. The van der Waals surface area contributed by atoms with E-state index >= 15 is 0 Å². The molecular formula is C21H16O4. The first-order valence-electron chi connectivity index (χ1n) is 8.05. The summed E-state index contributed by atoms with van der Waals surface area (Å²) in [4.78, 5) is 22.9. The summed E-state index contributed by atoms with van der Waals surface area (Å²) in [5.41, 5.74) is 0.663. The molecule has 0 unspecified atom stereocenters. The van der Waals surface area contributed by atoms with E-state index < -0.39 is 18.2 Å². The van der Waals surface area contributed by atoms with E-state index in [2.05, 4.69) is 24.3 Å². The third-order valence-corrected chi connectivity index (χ3v) is 4.36. The van der Waals surface area contributed by atoms with Gasteiger partial charge in [-0.1, -0.05) is 54.6 Å². The quantitative estimate of drug-likeness (QED) is 0.310. The van der Waals surface area contributed by atoms with Gasteiger partial charge in [-0.2, -0.15) is 0 Å². The summed E-state index contributed by atoms with van der Waals surface area (Å²) < 4.78 is 10.5. The number of carbonyl (C=O) groups is 2. The Balaban J connectivity index is 2.03. The van der Waals surface area contributed by atoms with E-state index in [9.17, 15) is 9.59 Å². The van der Waals surface area contributed by atoms with Gasteiger partial charge >= 0.3 is 11.9 Å². The van der Waals surface area contributed by atoms with Crippen molar-refractivity contribution in [2.75, 3.05) is 0 Å². The third-order valence-electron chi connectivity index (χ3n) is 4.36. The molecule has 4 heteroatoms. The first kappa shape index (κ1) is 15.4. The van der Waals surface area contributed by atoms with E-state index in [1.165, 1.54) is 13.8 Å². The zero-order chi connectivity index (χ0) is 17.6. The Labute approximate surface area is 144 Å². The molecule has 0 spiro atoms. The first-order chi connectivity index (χ1) is 12.0. The van der Waals surface area contributed by atoms with Crippen molar-refractivity contribution in [3.8, 4) is 0 Å². The molecule has 25 heavy (non-hydrogen) atoms. The molecule has 0 N–H and O–H groups in total. The Morgan fingerprint density at radius 3 is 1.84 bits per heavy atom. The number of esters is 2. The van der Waals surface area contributed by atoms with Gasteiger partial charge in [0.05, 0.1) is 0 Å². The van der Waals surface area contributed by atoms with Crippen LogP contribution < -0.4 is 0 Å². The molecule has 0 amide bonds. The maximum Gasteiger partial charge on any atom is 0.305 e. The Bertz CT molecular complexity index is 1080. The molecule has 0 bridgehead atoms. The van der Waals surface area contributed by atoms with Crippen molar-refractivity contribution in [1.29, 1.82) is 0 Å². The molecule has 0 heterocycles. The number of rotatable bonds is 3. The maximum atomic E-state index is 11.5. The molecule has 124 valence electrons. The highest BCUT2D eigenvalue weighted by Gasteiger charge is 2.22. The third kappa shape index (κ3) is 2.56. The van der Waals surface area contributed by atoms with Crippen molar-refractivity contribution < 1.29 is 19.1 Å². The molecule has 0 aliphatic carbocycles. The summed E-state index contributed by atoms with van der Waals surface area (Å²) in [5.74, 6) is -1.01. The van der Waals surface area contributed by atoms with Crippen molar-refractivity contribution in [3.63, 3.8) is 0 Å². The predicted octanol–water partition coefficient (Wildman–Crippen LogP) is 4.71. The summed E-state index contributed by atoms with van der Waals surface area (Å²) in [6.45, 7) is 2.60. The highest BCUT2D eigenvalue weighted by atomic mass is 16.7. The minimum atomic E-state index is -1.06. The second kappa shape index (κ2) is 5.74. The van der Waals surface area contributed by atoms with E-state index in [1.807, 2.05) is 30.3 Å². The molecular weight excluding hydrogens is 316 g/mol. The predicted molar refractivity (Wildman–Crippen MR) is 96.4 cm³/mol. The van der Waals surface area contributed by atoms with Crippen LogP contribution in [0.5, 0.6) is 0 Å². The summed E-state index contributed by atoms with van der Waals surface area (Å²) in [7, 11) is 0. The van der Waals surface area contributed by atoms with Crippen LogP contribution in [0.25, 0.3) is 32.3 Å². The molecule has 0 aliphatic heterocycles. The van der Waals surface area contributed by atoms with Gasteiger partial charge in [0.1, 0.15) is 0 Å². The zero-order valence-corrected chi connectivity index (χ0v) is 13.9. The lowest BCUT2D eigenvalue weighted by atomic mass is 9.92. The van der Waals surface area contributed by atoms with Crippen LogP contribution in [0.2, 0.25) is 0 Å². The fraction of sp³-hybridized carbons (Fsp3) is 0.143. The monoisotopic (exact) mass is 332 g/mol. The van der Waals surface area contributed by atoms with E-state index in [-0.39, 0.29) is 0 Å². The maximum absolute atomic E-state index is 11.5. The van der Waals surface area contributed by atoms with Crippen molar-refractivity contribution in [2.24, 2.45) is 0 Å². The summed E-state index contributed by atoms with van der Waals surface area (Å²) in [5, 5.41) is 6.52. The van der Waals surface area contributed by atoms with Crippen molar-refractivity contribution in [3.05, 3.63) is 60.2 Å². The summed E-state index contributed by atoms with van der Waals surface area (Å²) in [6, 6.07) is 18.2. The molecule has 4 rings (SSSR count). The number of hydrogen-bond acceptors (Lipinski definition) is 4. The van der Waals surface area contributed by atoms with Gasteiger partial charge in [0.25, 0.3) is 6.29 Å². The van der Waals surface area contributed by atoms with Gasteiger partial charge in [-0.05, 0) is 32.3 Å². The average molecular weight is 332 g/mol. The standard InChI is InChI=1S/C21H16O4/c1-12(22)24-21(25-13(2)23)18-11-9-16-7-6-14-4-3-5-15-8-10-17(18)20(16)19(14)15/h3-11,21H,1-2H3. The smallest absolute Gasteiger partial charge is 0.305 e. The fourth-order valence-electron chi connectivity index (χ4n) is 3.42. The van der Waals surface area contributed by atoms with Gasteiger partial charge < -0.3 is 9.47 Å². The zero-order valence-electron chi connectivity index (χ0n) is 13.9. The molecule has 4 aromatic carbocycles. The molecule has 4 aromatic rings. The summed E-state index contributed by atoms with van der Waals surface area (Å²) >= 11 is 0. The molecule has 0 atom stereocenters. The lowest BCUT2D eigenvalue weighted by molar-refractivity contribution is -0.186. The highest BCUT2D eigenvalue weighted by molar-refractivity contribution is 6.23. The van der Waals surface area contributed by atoms with Crippen LogP contribution in [0.1, 0.15) is 25.7 Å². The van der Waals surface area contributed by atoms with E-state index in [0.717, 1.165) is 32.3 Å². The van der Waals surface area contributed by atoms with E-state index in [1.54, 1.807) is 0 Å². The number of ether oxygens (including phenoxy) is 2. The Kier molecular flexibility index (Phi) is 3.53. The highest BCUT2D eigenvalue weighted by Crippen LogP contribution is 2.38. The number of benzene rings is 4. The van der Waals surface area contributed by atoms with E-state index in [4.69, 9.17) is 9.47 Å². The Morgan fingerprint density at radius 2 is 1.24 bits per heavy atom. The van der Waals surface area contributed by atoms with Gasteiger partial charge in [0, 0.05) is 19.4 Å². The van der Waals surface area contributed by atoms with Crippen LogP contribution >= 0.6 is 0 Å². The average Bonchev–Trinajstić information content (AvgIpc) is 2.58. The molecule has 0 saturated heterocycles. The van der Waals surface area contributed by atoms with Crippen LogP contribution in [0.15, 0.2) is 54.6 Å². The van der Waals surface area contributed by atoms with Crippen LogP contribution in [0.4, 0.5) is 0 Å². The van der Waals surface area contributed by atoms with Gasteiger partial charge in [0.2, 0.25) is 0 Å².